The predicted octanol–water partition coefficient (Wildman–Crippen LogP) is 2.54. The monoisotopic (exact) mass is 407 g/mol. The third kappa shape index (κ3) is 5.17. The first-order valence-corrected chi connectivity index (χ1v) is 10.5. The van der Waals surface area contributed by atoms with E-state index >= 15 is 0 Å². The minimum Gasteiger partial charge on any atom is -0.380 e. The van der Waals surface area contributed by atoms with Gasteiger partial charge in [-0.25, -0.2) is 4.98 Å². The van der Waals surface area contributed by atoms with Crippen molar-refractivity contribution < 1.29 is 9.53 Å². The molecule has 0 aliphatic carbocycles. The molecule has 1 aromatic heterocycles. The zero-order valence-corrected chi connectivity index (χ0v) is 17.4. The number of fused-ring (bicyclic) bond motifs is 1. The van der Waals surface area contributed by atoms with Crippen LogP contribution in [-0.2, 0) is 22.7 Å². The predicted molar refractivity (Wildman–Crippen MR) is 118 cm³/mol. The van der Waals surface area contributed by atoms with E-state index in [2.05, 4.69) is 26.2 Å². The van der Waals surface area contributed by atoms with E-state index in [9.17, 15) is 4.79 Å². The highest BCUT2D eigenvalue weighted by Gasteiger charge is 2.19. The molecule has 0 radical (unpaired) electrons. The number of carbonyl (C=O) groups is 1. The van der Waals surface area contributed by atoms with Crippen molar-refractivity contribution >= 4 is 22.9 Å². The van der Waals surface area contributed by atoms with E-state index in [1.165, 1.54) is 0 Å². The Hall–Kier alpha value is -2.90. The molecule has 2 N–H and O–H groups in total. The number of nitrogens with one attached hydrogen (secondary N) is 2. The van der Waals surface area contributed by atoms with E-state index in [0.717, 1.165) is 60.7 Å². The summed E-state index contributed by atoms with van der Waals surface area (Å²) < 4.78 is 5.17. The van der Waals surface area contributed by atoms with Crippen molar-refractivity contribution in [2.75, 3.05) is 44.7 Å². The van der Waals surface area contributed by atoms with E-state index in [4.69, 9.17) is 9.72 Å². The van der Waals surface area contributed by atoms with Crippen LogP contribution in [0.1, 0.15) is 17.5 Å². The number of H-pyrrole nitrogens is 1. The lowest BCUT2D eigenvalue weighted by Gasteiger charge is -2.21. The first-order valence-electron chi connectivity index (χ1n) is 10.5. The quantitative estimate of drug-likeness (QED) is 0.630. The van der Waals surface area contributed by atoms with Crippen LogP contribution in [0.15, 0.2) is 48.5 Å². The lowest BCUT2D eigenvalue weighted by atomic mass is 10.1. The Morgan fingerprint density at radius 2 is 1.97 bits per heavy atom. The van der Waals surface area contributed by atoms with Crippen LogP contribution in [0, 0.1) is 0 Å². The molecule has 1 aliphatic rings. The number of nitrogens with zero attached hydrogens (tertiary/aromatic N) is 3. The number of hydrogen-bond donors (Lipinski definition) is 2. The fourth-order valence-electron chi connectivity index (χ4n) is 3.89. The molecule has 1 amide bonds. The fourth-order valence-corrected chi connectivity index (χ4v) is 3.89. The van der Waals surface area contributed by atoms with Crippen molar-refractivity contribution in [2.24, 2.45) is 0 Å². The van der Waals surface area contributed by atoms with Gasteiger partial charge in [-0.05, 0) is 29.7 Å². The maximum atomic E-state index is 12.5. The summed E-state index contributed by atoms with van der Waals surface area (Å²) in [4.78, 5) is 25.1. The minimum atomic E-state index is 0.0596. The Morgan fingerprint density at radius 3 is 2.83 bits per heavy atom. The van der Waals surface area contributed by atoms with E-state index in [1.54, 1.807) is 7.11 Å². The molecule has 1 fully saturated rings. The van der Waals surface area contributed by atoms with Gasteiger partial charge in [0.2, 0.25) is 11.9 Å². The van der Waals surface area contributed by atoms with Gasteiger partial charge in [-0.1, -0.05) is 36.4 Å². The zero-order valence-electron chi connectivity index (χ0n) is 17.4. The van der Waals surface area contributed by atoms with Crippen LogP contribution in [0.5, 0.6) is 0 Å². The lowest BCUT2D eigenvalue weighted by molar-refractivity contribution is -0.122. The maximum absolute atomic E-state index is 12.5. The van der Waals surface area contributed by atoms with Crippen molar-refractivity contribution in [3.8, 4) is 0 Å². The number of para-hydroxylation sites is 2. The number of aromatic nitrogens is 2. The van der Waals surface area contributed by atoms with Gasteiger partial charge in [0.15, 0.2) is 0 Å². The summed E-state index contributed by atoms with van der Waals surface area (Å²) >= 11 is 0. The number of anilines is 1. The van der Waals surface area contributed by atoms with E-state index in [-0.39, 0.29) is 5.91 Å². The molecule has 0 bridgehead atoms. The Balaban J connectivity index is 1.27. The number of ether oxygens (including phenoxy) is 1. The number of amides is 1. The SMILES string of the molecule is COCc1cccc(CNC(=O)CN2CCCN(c3nc4ccccc4[nH]3)CC2)c1. The van der Waals surface area contributed by atoms with Crippen molar-refractivity contribution in [3.05, 3.63) is 59.7 Å². The number of carbonyl (C=O) groups excluding carboxylic acids is 1. The average molecular weight is 408 g/mol. The highest BCUT2D eigenvalue weighted by Crippen LogP contribution is 2.18. The molecule has 1 aliphatic heterocycles. The third-order valence-electron chi connectivity index (χ3n) is 5.42. The van der Waals surface area contributed by atoms with Gasteiger partial charge in [-0.2, -0.15) is 0 Å². The second kappa shape index (κ2) is 9.73. The Kier molecular flexibility index (Phi) is 6.61. The van der Waals surface area contributed by atoms with Gasteiger partial charge in [-0.3, -0.25) is 9.69 Å². The lowest BCUT2D eigenvalue weighted by Crippen LogP contribution is -2.39. The third-order valence-corrected chi connectivity index (χ3v) is 5.42. The second-order valence-electron chi connectivity index (χ2n) is 7.72. The van der Waals surface area contributed by atoms with Crippen LogP contribution in [0.2, 0.25) is 0 Å². The maximum Gasteiger partial charge on any atom is 0.234 e. The number of hydrogen-bond acceptors (Lipinski definition) is 5. The molecule has 0 unspecified atom stereocenters. The first kappa shape index (κ1) is 20.4. The van der Waals surface area contributed by atoms with Gasteiger partial charge in [0, 0.05) is 39.8 Å². The van der Waals surface area contributed by atoms with Gasteiger partial charge in [0.05, 0.1) is 24.2 Å². The summed E-state index contributed by atoms with van der Waals surface area (Å²) in [6, 6.07) is 16.2. The van der Waals surface area contributed by atoms with Gasteiger partial charge in [0.1, 0.15) is 0 Å². The first-order chi connectivity index (χ1) is 14.7. The van der Waals surface area contributed by atoms with Gasteiger partial charge in [-0.15, -0.1) is 0 Å². The fraction of sp³-hybridized carbons (Fsp3) is 0.391. The molecule has 4 rings (SSSR count). The van der Waals surface area contributed by atoms with Crippen LogP contribution in [0.4, 0.5) is 5.95 Å². The molecule has 1 saturated heterocycles. The number of imidazole rings is 1. The van der Waals surface area contributed by atoms with Crippen LogP contribution in [0.25, 0.3) is 11.0 Å². The molecule has 2 aromatic carbocycles. The largest absolute Gasteiger partial charge is 0.380 e. The minimum absolute atomic E-state index is 0.0596. The molecular weight excluding hydrogens is 378 g/mol. The number of methoxy groups -OCH3 is 1. The Bertz CT molecular complexity index is 953. The number of benzene rings is 2. The molecule has 3 aromatic rings. The summed E-state index contributed by atoms with van der Waals surface area (Å²) in [5.41, 5.74) is 4.25. The van der Waals surface area contributed by atoms with Crippen molar-refractivity contribution in [3.63, 3.8) is 0 Å². The Labute approximate surface area is 177 Å². The van der Waals surface area contributed by atoms with Crippen LogP contribution >= 0.6 is 0 Å². The smallest absolute Gasteiger partial charge is 0.234 e. The summed E-state index contributed by atoms with van der Waals surface area (Å²) in [6.07, 6.45) is 1.00. The highest BCUT2D eigenvalue weighted by atomic mass is 16.5. The molecule has 0 spiro atoms. The molecule has 2 heterocycles. The standard InChI is InChI=1S/C23H29N5O2/c1-30-17-19-7-4-6-18(14-19)15-24-22(29)16-27-10-5-11-28(13-12-27)23-25-20-8-2-3-9-21(20)26-23/h2-4,6-9,14H,5,10-13,15-17H2,1H3,(H,24,29)(H,25,26). The van der Waals surface area contributed by atoms with Gasteiger partial charge in [0.25, 0.3) is 0 Å². The Morgan fingerprint density at radius 1 is 1.10 bits per heavy atom. The van der Waals surface area contributed by atoms with Crippen LogP contribution < -0.4 is 10.2 Å². The molecular formula is C23H29N5O2. The normalized spacial score (nSPS) is 15.3. The zero-order chi connectivity index (χ0) is 20.8. The van der Waals surface area contributed by atoms with E-state index in [0.29, 0.717) is 19.7 Å². The van der Waals surface area contributed by atoms with Crippen molar-refractivity contribution in [2.45, 2.75) is 19.6 Å². The van der Waals surface area contributed by atoms with Crippen molar-refractivity contribution in [1.29, 1.82) is 0 Å². The highest BCUT2D eigenvalue weighted by molar-refractivity contribution is 5.78. The van der Waals surface area contributed by atoms with Gasteiger partial charge < -0.3 is 19.9 Å². The molecule has 7 heteroatoms. The number of rotatable bonds is 7. The van der Waals surface area contributed by atoms with Crippen LogP contribution in [-0.4, -0.2) is 60.6 Å². The van der Waals surface area contributed by atoms with Gasteiger partial charge >= 0.3 is 0 Å². The summed E-state index contributed by atoms with van der Waals surface area (Å²) in [5, 5.41) is 3.04. The van der Waals surface area contributed by atoms with E-state index in [1.807, 2.05) is 42.5 Å². The summed E-state index contributed by atoms with van der Waals surface area (Å²) in [6.45, 7) is 5.08. The molecule has 158 valence electrons. The van der Waals surface area contributed by atoms with E-state index < -0.39 is 0 Å². The molecule has 0 saturated carbocycles. The summed E-state index contributed by atoms with van der Waals surface area (Å²) in [5.74, 6) is 0.975. The topological polar surface area (TPSA) is 73.5 Å². The number of aromatic amines is 1. The van der Waals surface area contributed by atoms with Crippen LogP contribution in [0.3, 0.4) is 0 Å². The molecule has 7 nitrogen and oxygen atoms in total. The summed E-state index contributed by atoms with van der Waals surface area (Å²) in [7, 11) is 1.69. The molecule has 0 atom stereocenters. The van der Waals surface area contributed by atoms with Crippen molar-refractivity contribution in [1.82, 2.24) is 20.2 Å². The average Bonchev–Trinajstić information content (AvgIpc) is 3.05. The second-order valence-corrected chi connectivity index (χ2v) is 7.72. The molecule has 30 heavy (non-hydrogen) atoms.